The van der Waals surface area contributed by atoms with E-state index in [4.69, 9.17) is 0 Å². The van der Waals surface area contributed by atoms with E-state index >= 15 is 0 Å². The topological polar surface area (TPSA) is 29.9 Å². The van der Waals surface area contributed by atoms with Crippen molar-refractivity contribution in [3.8, 4) is 0 Å². The molecule has 1 saturated carbocycles. The van der Waals surface area contributed by atoms with E-state index in [-0.39, 0.29) is 0 Å². The summed E-state index contributed by atoms with van der Waals surface area (Å²) in [5.41, 5.74) is 3.85. The van der Waals surface area contributed by atoms with E-state index in [0.717, 1.165) is 18.4 Å². The van der Waals surface area contributed by atoms with Gasteiger partial charge in [0.05, 0.1) is 5.69 Å². The summed E-state index contributed by atoms with van der Waals surface area (Å²) in [6.07, 6.45) is 6.86. The van der Waals surface area contributed by atoms with Gasteiger partial charge in [-0.05, 0) is 44.9 Å². The molecule has 1 N–H and O–H groups in total. The van der Waals surface area contributed by atoms with E-state index in [1.165, 1.54) is 49.1 Å². The summed E-state index contributed by atoms with van der Waals surface area (Å²) in [4.78, 5) is 0. The minimum atomic E-state index is 0.692. The van der Waals surface area contributed by atoms with Gasteiger partial charge in [0.2, 0.25) is 0 Å². The normalized spacial score (nSPS) is 24.1. The van der Waals surface area contributed by atoms with Crippen molar-refractivity contribution in [1.29, 1.82) is 0 Å². The van der Waals surface area contributed by atoms with Gasteiger partial charge in [-0.25, -0.2) is 0 Å². The third-order valence-electron chi connectivity index (χ3n) is 5.18. The van der Waals surface area contributed by atoms with E-state index in [9.17, 15) is 0 Å². The Bertz CT molecular complexity index is 434. The van der Waals surface area contributed by atoms with Crippen LogP contribution in [0.3, 0.4) is 0 Å². The molecule has 3 heteroatoms. The van der Waals surface area contributed by atoms with Gasteiger partial charge in [0, 0.05) is 30.9 Å². The number of nitrogens with one attached hydrogen (secondary N) is 1. The molecule has 2 atom stereocenters. The van der Waals surface area contributed by atoms with Crippen LogP contribution in [0.4, 0.5) is 0 Å². The van der Waals surface area contributed by atoms with E-state index in [2.05, 4.69) is 38.1 Å². The first-order chi connectivity index (χ1) is 9.49. The molecule has 114 valence electrons. The molecule has 2 rings (SSSR count). The van der Waals surface area contributed by atoms with Crippen molar-refractivity contribution in [2.45, 2.75) is 72.4 Å². The van der Waals surface area contributed by atoms with Crippen LogP contribution < -0.4 is 5.32 Å². The highest BCUT2D eigenvalue weighted by molar-refractivity contribution is 5.24. The first-order valence-corrected chi connectivity index (χ1v) is 8.21. The highest BCUT2D eigenvalue weighted by Crippen LogP contribution is 2.29. The lowest BCUT2D eigenvalue weighted by atomic mass is 9.89. The summed E-state index contributed by atoms with van der Waals surface area (Å²) in [5.74, 6) is 1.78. The molecule has 1 heterocycles. The quantitative estimate of drug-likeness (QED) is 0.850. The fourth-order valence-electron chi connectivity index (χ4n) is 3.52. The number of aryl methyl sites for hydroxylation is 2. The standard InChI is InChI=1S/C17H31N3/c1-12(2)15-7-6-8-16(10-9-15)18-11-17-13(3)19-20(5)14(17)4/h12,15-16,18H,6-11H2,1-5H3. The van der Waals surface area contributed by atoms with Crippen LogP contribution >= 0.6 is 0 Å². The van der Waals surface area contributed by atoms with Crippen LogP contribution in [0.2, 0.25) is 0 Å². The minimum absolute atomic E-state index is 0.692. The lowest BCUT2D eigenvalue weighted by molar-refractivity contribution is 0.337. The second-order valence-corrected chi connectivity index (χ2v) is 6.86. The molecule has 2 unspecified atom stereocenters. The van der Waals surface area contributed by atoms with Gasteiger partial charge < -0.3 is 5.32 Å². The Morgan fingerprint density at radius 2 is 1.95 bits per heavy atom. The maximum absolute atomic E-state index is 4.50. The van der Waals surface area contributed by atoms with Crippen molar-refractivity contribution >= 4 is 0 Å². The average Bonchev–Trinajstić information content (AvgIpc) is 2.60. The van der Waals surface area contributed by atoms with E-state index in [1.807, 2.05) is 11.7 Å². The molecule has 1 aliphatic carbocycles. The molecule has 20 heavy (non-hydrogen) atoms. The fourth-order valence-corrected chi connectivity index (χ4v) is 3.52. The maximum Gasteiger partial charge on any atom is 0.0641 e. The van der Waals surface area contributed by atoms with Crippen molar-refractivity contribution in [2.75, 3.05) is 0 Å². The van der Waals surface area contributed by atoms with Crippen molar-refractivity contribution < 1.29 is 0 Å². The first-order valence-electron chi connectivity index (χ1n) is 8.21. The van der Waals surface area contributed by atoms with Crippen molar-refractivity contribution in [1.82, 2.24) is 15.1 Å². The Balaban J connectivity index is 1.88. The monoisotopic (exact) mass is 277 g/mol. The summed E-state index contributed by atoms with van der Waals surface area (Å²) < 4.78 is 1.99. The number of rotatable bonds is 4. The highest BCUT2D eigenvalue weighted by Gasteiger charge is 2.21. The molecule has 1 aliphatic rings. The minimum Gasteiger partial charge on any atom is -0.310 e. The molecule has 0 spiro atoms. The predicted octanol–water partition coefficient (Wildman–Crippen LogP) is 3.73. The van der Waals surface area contributed by atoms with Crippen LogP contribution in [0.5, 0.6) is 0 Å². The fraction of sp³-hybridized carbons (Fsp3) is 0.824. The van der Waals surface area contributed by atoms with Gasteiger partial charge >= 0.3 is 0 Å². The van der Waals surface area contributed by atoms with Gasteiger partial charge in [0.15, 0.2) is 0 Å². The van der Waals surface area contributed by atoms with Crippen LogP contribution in [0, 0.1) is 25.7 Å². The molecule has 0 aliphatic heterocycles. The third-order valence-corrected chi connectivity index (χ3v) is 5.18. The van der Waals surface area contributed by atoms with Crippen molar-refractivity contribution in [3.63, 3.8) is 0 Å². The highest BCUT2D eigenvalue weighted by atomic mass is 15.3. The first kappa shape index (κ1) is 15.6. The molecule has 0 bridgehead atoms. The number of hydrogen-bond acceptors (Lipinski definition) is 2. The zero-order valence-electron chi connectivity index (χ0n) is 13.9. The van der Waals surface area contributed by atoms with Gasteiger partial charge in [-0.3, -0.25) is 4.68 Å². The van der Waals surface area contributed by atoms with Gasteiger partial charge in [0.1, 0.15) is 0 Å². The Hall–Kier alpha value is -0.830. The molecule has 1 aromatic heterocycles. The number of aromatic nitrogens is 2. The number of nitrogens with zero attached hydrogens (tertiary/aromatic N) is 2. The van der Waals surface area contributed by atoms with Crippen LogP contribution in [-0.4, -0.2) is 15.8 Å². The summed E-state index contributed by atoms with van der Waals surface area (Å²) >= 11 is 0. The maximum atomic E-state index is 4.50. The molecule has 1 fully saturated rings. The molecular weight excluding hydrogens is 246 g/mol. The predicted molar refractivity (Wildman–Crippen MR) is 84.7 cm³/mol. The Morgan fingerprint density at radius 3 is 2.55 bits per heavy atom. The molecule has 0 saturated heterocycles. The van der Waals surface area contributed by atoms with E-state index in [1.54, 1.807) is 0 Å². The SMILES string of the molecule is Cc1nn(C)c(C)c1CNC1CCCC(C(C)C)CC1. The van der Waals surface area contributed by atoms with Crippen molar-refractivity contribution in [3.05, 3.63) is 17.0 Å². The largest absolute Gasteiger partial charge is 0.310 e. The lowest BCUT2D eigenvalue weighted by Gasteiger charge is -2.19. The third kappa shape index (κ3) is 3.63. The Kier molecular flexibility index (Phi) is 5.25. The van der Waals surface area contributed by atoms with Crippen LogP contribution in [-0.2, 0) is 13.6 Å². The van der Waals surface area contributed by atoms with Crippen LogP contribution in [0.15, 0.2) is 0 Å². The smallest absolute Gasteiger partial charge is 0.0641 e. The molecule has 0 amide bonds. The van der Waals surface area contributed by atoms with Crippen LogP contribution in [0.1, 0.15) is 62.9 Å². The van der Waals surface area contributed by atoms with Gasteiger partial charge in [-0.15, -0.1) is 0 Å². The summed E-state index contributed by atoms with van der Waals surface area (Å²) in [5, 5.41) is 8.28. The Labute approximate surface area is 124 Å². The molecule has 1 aromatic rings. The summed E-state index contributed by atoms with van der Waals surface area (Å²) in [7, 11) is 2.03. The summed E-state index contributed by atoms with van der Waals surface area (Å²) in [6, 6.07) is 0.692. The van der Waals surface area contributed by atoms with Gasteiger partial charge in [-0.1, -0.05) is 26.7 Å². The second kappa shape index (κ2) is 6.75. The molecular formula is C17H31N3. The zero-order valence-corrected chi connectivity index (χ0v) is 13.9. The lowest BCUT2D eigenvalue weighted by Crippen LogP contribution is -2.28. The van der Waals surface area contributed by atoms with Crippen LogP contribution in [0.25, 0.3) is 0 Å². The van der Waals surface area contributed by atoms with E-state index < -0.39 is 0 Å². The number of hydrogen-bond donors (Lipinski definition) is 1. The zero-order chi connectivity index (χ0) is 14.7. The summed E-state index contributed by atoms with van der Waals surface area (Å²) in [6.45, 7) is 10.0. The van der Waals surface area contributed by atoms with Crippen molar-refractivity contribution in [2.24, 2.45) is 18.9 Å². The average molecular weight is 277 g/mol. The molecule has 3 nitrogen and oxygen atoms in total. The second-order valence-electron chi connectivity index (χ2n) is 6.86. The molecule has 0 radical (unpaired) electrons. The van der Waals surface area contributed by atoms with Gasteiger partial charge in [-0.2, -0.15) is 5.10 Å². The van der Waals surface area contributed by atoms with Gasteiger partial charge in [0.25, 0.3) is 0 Å². The van der Waals surface area contributed by atoms with E-state index in [0.29, 0.717) is 6.04 Å². The molecule has 0 aromatic carbocycles. The Morgan fingerprint density at radius 1 is 1.20 bits per heavy atom.